The van der Waals surface area contributed by atoms with Gasteiger partial charge >= 0.3 is 0 Å². The molecule has 0 radical (unpaired) electrons. The maximum atomic E-state index is 5.96. The van der Waals surface area contributed by atoms with E-state index in [1.165, 1.54) is 0 Å². The number of furan rings is 1. The van der Waals surface area contributed by atoms with Gasteiger partial charge in [0, 0.05) is 49.9 Å². The molecule has 6 heteroatoms. The first-order valence-electron chi connectivity index (χ1n) is 8.52. The third-order valence-electron chi connectivity index (χ3n) is 4.19. The topological polar surface area (TPSA) is 58.6 Å². The Kier molecular flexibility index (Phi) is 5.07. The summed E-state index contributed by atoms with van der Waals surface area (Å²) in [5.74, 6) is 1.76. The molecule has 2 heterocycles. The van der Waals surface area contributed by atoms with E-state index in [0.29, 0.717) is 6.54 Å². The minimum atomic E-state index is 0.514. The fourth-order valence-electron chi connectivity index (χ4n) is 2.89. The summed E-state index contributed by atoms with van der Waals surface area (Å²) in [6.07, 6.45) is 3.90. The molecule has 0 amide bonds. The van der Waals surface area contributed by atoms with Crippen LogP contribution in [0.5, 0.6) is 0 Å². The molecule has 0 saturated heterocycles. The molecule has 0 spiro atoms. The molecule has 0 saturated carbocycles. The third kappa shape index (κ3) is 3.84. The molecular weight excluding hydrogens is 314 g/mol. The first-order valence-corrected chi connectivity index (χ1v) is 8.52. The maximum Gasteiger partial charge on any atom is 0.194 e. The van der Waals surface area contributed by atoms with E-state index in [-0.39, 0.29) is 0 Å². The van der Waals surface area contributed by atoms with Gasteiger partial charge in [0.1, 0.15) is 17.9 Å². The SMILES string of the molecule is CCNC(=NCc1oc2ccccc2c1C)N(C)Cc1cnn(C)c1. The number of hydrogen-bond donors (Lipinski definition) is 1. The molecule has 3 aromatic rings. The van der Waals surface area contributed by atoms with E-state index in [9.17, 15) is 0 Å². The second kappa shape index (κ2) is 7.42. The Balaban J connectivity index is 1.77. The molecule has 132 valence electrons. The molecule has 2 aromatic heterocycles. The summed E-state index contributed by atoms with van der Waals surface area (Å²) in [5, 5.41) is 8.71. The standard InChI is InChI=1S/C19H25N5O/c1-5-20-19(23(3)12-15-10-22-24(4)13-15)21-11-18-14(2)16-8-6-7-9-17(16)25-18/h6-10,13H,5,11-12H2,1-4H3,(H,20,21). The smallest absolute Gasteiger partial charge is 0.194 e. The Morgan fingerprint density at radius 2 is 2.16 bits per heavy atom. The fourth-order valence-corrected chi connectivity index (χ4v) is 2.89. The molecule has 1 N–H and O–H groups in total. The molecule has 1 aromatic carbocycles. The van der Waals surface area contributed by atoms with Crippen LogP contribution in [0.15, 0.2) is 46.1 Å². The van der Waals surface area contributed by atoms with E-state index >= 15 is 0 Å². The van der Waals surface area contributed by atoms with Crippen LogP contribution in [0, 0.1) is 6.92 Å². The van der Waals surface area contributed by atoms with E-state index < -0.39 is 0 Å². The van der Waals surface area contributed by atoms with Gasteiger partial charge in [0.2, 0.25) is 0 Å². The van der Waals surface area contributed by atoms with Crippen LogP contribution < -0.4 is 5.32 Å². The lowest BCUT2D eigenvalue weighted by molar-refractivity contribution is 0.472. The number of rotatable bonds is 5. The van der Waals surface area contributed by atoms with Crippen molar-refractivity contribution in [2.75, 3.05) is 13.6 Å². The number of nitrogens with zero attached hydrogens (tertiary/aromatic N) is 4. The van der Waals surface area contributed by atoms with Gasteiger partial charge in [-0.15, -0.1) is 0 Å². The number of para-hydroxylation sites is 1. The van der Waals surface area contributed by atoms with Crippen molar-refractivity contribution in [2.24, 2.45) is 12.0 Å². The predicted molar refractivity (Wildman–Crippen MR) is 100 cm³/mol. The molecular formula is C19H25N5O. The van der Waals surface area contributed by atoms with Gasteiger partial charge in [-0.25, -0.2) is 4.99 Å². The Morgan fingerprint density at radius 3 is 2.84 bits per heavy atom. The molecule has 0 fully saturated rings. The second-order valence-electron chi connectivity index (χ2n) is 6.19. The average molecular weight is 339 g/mol. The lowest BCUT2D eigenvalue weighted by Crippen LogP contribution is -2.38. The quantitative estimate of drug-likeness (QED) is 0.573. The number of aromatic nitrogens is 2. The van der Waals surface area contributed by atoms with Crippen LogP contribution in [0.4, 0.5) is 0 Å². The number of benzene rings is 1. The highest BCUT2D eigenvalue weighted by molar-refractivity contribution is 5.82. The minimum Gasteiger partial charge on any atom is -0.459 e. The zero-order chi connectivity index (χ0) is 17.8. The van der Waals surface area contributed by atoms with Crippen LogP contribution in [-0.4, -0.2) is 34.2 Å². The number of guanidine groups is 1. The highest BCUT2D eigenvalue weighted by Crippen LogP contribution is 2.25. The monoisotopic (exact) mass is 339 g/mol. The summed E-state index contributed by atoms with van der Waals surface area (Å²) < 4.78 is 7.77. The summed E-state index contributed by atoms with van der Waals surface area (Å²) in [5.41, 5.74) is 3.22. The van der Waals surface area contributed by atoms with Crippen molar-refractivity contribution in [3.8, 4) is 0 Å². The molecule has 3 rings (SSSR count). The van der Waals surface area contributed by atoms with E-state index in [4.69, 9.17) is 9.41 Å². The number of aliphatic imine (C=N–C) groups is 1. The molecule has 0 atom stereocenters. The normalized spacial score (nSPS) is 11.9. The van der Waals surface area contributed by atoms with Crippen LogP contribution in [0.1, 0.15) is 23.8 Å². The summed E-state index contributed by atoms with van der Waals surface area (Å²) in [7, 11) is 3.95. The lowest BCUT2D eigenvalue weighted by atomic mass is 10.1. The highest BCUT2D eigenvalue weighted by atomic mass is 16.3. The Labute approximate surface area is 148 Å². The molecule has 25 heavy (non-hydrogen) atoms. The van der Waals surface area contributed by atoms with Crippen LogP contribution in [0.25, 0.3) is 11.0 Å². The average Bonchev–Trinajstić information content (AvgIpc) is 3.15. The Bertz CT molecular complexity index is 877. The molecule has 0 aliphatic heterocycles. The van der Waals surface area contributed by atoms with Gasteiger partial charge in [-0.2, -0.15) is 5.10 Å². The zero-order valence-electron chi connectivity index (χ0n) is 15.3. The van der Waals surface area contributed by atoms with E-state index in [0.717, 1.165) is 46.9 Å². The highest BCUT2D eigenvalue weighted by Gasteiger charge is 2.11. The second-order valence-corrected chi connectivity index (χ2v) is 6.19. The Hall–Kier alpha value is -2.76. The van der Waals surface area contributed by atoms with Crippen LogP contribution in [0.2, 0.25) is 0 Å². The van der Waals surface area contributed by atoms with Crippen molar-refractivity contribution in [1.29, 1.82) is 0 Å². The summed E-state index contributed by atoms with van der Waals surface area (Å²) in [4.78, 5) is 6.85. The van der Waals surface area contributed by atoms with Crippen molar-refractivity contribution < 1.29 is 4.42 Å². The summed E-state index contributed by atoms with van der Waals surface area (Å²) in [6.45, 7) is 6.23. The number of aryl methyl sites for hydroxylation is 2. The van der Waals surface area contributed by atoms with Crippen molar-refractivity contribution >= 4 is 16.9 Å². The van der Waals surface area contributed by atoms with Crippen LogP contribution in [0.3, 0.4) is 0 Å². The number of fused-ring (bicyclic) bond motifs is 1. The number of hydrogen-bond acceptors (Lipinski definition) is 3. The maximum absolute atomic E-state index is 5.96. The largest absolute Gasteiger partial charge is 0.459 e. The number of nitrogens with one attached hydrogen (secondary N) is 1. The Morgan fingerprint density at radius 1 is 1.36 bits per heavy atom. The van der Waals surface area contributed by atoms with Crippen molar-refractivity contribution in [1.82, 2.24) is 20.0 Å². The summed E-state index contributed by atoms with van der Waals surface area (Å²) >= 11 is 0. The molecule has 0 unspecified atom stereocenters. The molecule has 0 aliphatic rings. The first kappa shape index (κ1) is 17.1. The van der Waals surface area contributed by atoms with Gasteiger partial charge < -0.3 is 14.6 Å². The van der Waals surface area contributed by atoms with Crippen LogP contribution in [-0.2, 0) is 20.1 Å². The minimum absolute atomic E-state index is 0.514. The van der Waals surface area contributed by atoms with E-state index in [1.807, 2.05) is 49.4 Å². The lowest BCUT2D eigenvalue weighted by Gasteiger charge is -2.21. The van der Waals surface area contributed by atoms with Gasteiger partial charge in [0.05, 0.1) is 6.20 Å². The molecule has 0 aliphatic carbocycles. The van der Waals surface area contributed by atoms with Crippen LogP contribution >= 0.6 is 0 Å². The van der Waals surface area contributed by atoms with Gasteiger partial charge in [-0.3, -0.25) is 4.68 Å². The van der Waals surface area contributed by atoms with Crippen molar-refractivity contribution in [3.63, 3.8) is 0 Å². The summed E-state index contributed by atoms with van der Waals surface area (Å²) in [6, 6.07) is 8.10. The molecule has 6 nitrogen and oxygen atoms in total. The van der Waals surface area contributed by atoms with Gasteiger partial charge in [-0.05, 0) is 19.9 Å². The third-order valence-corrected chi connectivity index (χ3v) is 4.19. The van der Waals surface area contributed by atoms with Crippen molar-refractivity contribution in [3.05, 3.63) is 53.5 Å². The predicted octanol–water partition coefficient (Wildman–Crippen LogP) is 3.07. The van der Waals surface area contributed by atoms with E-state index in [1.54, 1.807) is 0 Å². The van der Waals surface area contributed by atoms with Gasteiger partial charge in [0.25, 0.3) is 0 Å². The zero-order valence-corrected chi connectivity index (χ0v) is 15.3. The fraction of sp³-hybridized carbons (Fsp3) is 0.368. The van der Waals surface area contributed by atoms with Gasteiger partial charge in [-0.1, -0.05) is 18.2 Å². The van der Waals surface area contributed by atoms with E-state index in [2.05, 4.69) is 35.2 Å². The first-order chi connectivity index (χ1) is 12.1. The van der Waals surface area contributed by atoms with Gasteiger partial charge in [0.15, 0.2) is 5.96 Å². The molecule has 0 bridgehead atoms. The van der Waals surface area contributed by atoms with Crippen molar-refractivity contribution in [2.45, 2.75) is 26.9 Å².